The van der Waals surface area contributed by atoms with Crippen molar-refractivity contribution in [2.45, 2.75) is 158 Å². The summed E-state index contributed by atoms with van der Waals surface area (Å²) in [6.07, 6.45) is 0.769. The zero-order valence-corrected chi connectivity index (χ0v) is 44.8. The van der Waals surface area contributed by atoms with Crippen LogP contribution < -0.4 is 0 Å². The minimum absolute atomic E-state index is 0.119. The van der Waals surface area contributed by atoms with Crippen molar-refractivity contribution in [1.29, 1.82) is 0 Å². The molecule has 1 atom stereocenters. The molecule has 7 aliphatic rings. The summed E-state index contributed by atoms with van der Waals surface area (Å²) < 4.78 is 105. The third kappa shape index (κ3) is 11.2. The first-order valence-electron chi connectivity index (χ1n) is 21.6. The van der Waals surface area contributed by atoms with E-state index in [1.165, 1.54) is 0 Å². The Morgan fingerprint density at radius 2 is 0.589 bits per heavy atom. The predicted octanol–water partition coefficient (Wildman–Crippen LogP) is 8.16. The Kier molecular flexibility index (Phi) is 14.5. The summed E-state index contributed by atoms with van der Waals surface area (Å²) >= 11 is 0. The Hall–Kier alpha value is 1.18. The molecule has 7 saturated heterocycles. The van der Waals surface area contributed by atoms with E-state index in [9.17, 15) is 0 Å². The fourth-order valence-electron chi connectivity index (χ4n) is 8.64. The average molecular weight is 932 g/mol. The molecule has 0 aromatic carbocycles. The summed E-state index contributed by atoms with van der Waals surface area (Å²) in [4.78, 5) is 0. The third-order valence-electron chi connectivity index (χ3n) is 9.82. The van der Waals surface area contributed by atoms with E-state index in [1.54, 1.807) is 0 Å². The van der Waals surface area contributed by atoms with Crippen LogP contribution in [0.3, 0.4) is 0 Å². The van der Waals surface area contributed by atoms with Gasteiger partial charge >= 0.3 is 70.4 Å². The van der Waals surface area contributed by atoms with Crippen LogP contribution in [0, 0.1) is 41.4 Å². The van der Waals surface area contributed by atoms with E-state index in [4.69, 9.17) is 58.9 Å². The smallest absolute Gasteiger partial charge is 0.379 e. The number of hydrogen-bond acceptors (Lipinski definition) is 14. The molecule has 8 bridgehead atoms. The van der Waals surface area contributed by atoms with Crippen LogP contribution in [0.5, 0.6) is 0 Å². The van der Waals surface area contributed by atoms with Crippen molar-refractivity contribution in [3.05, 3.63) is 0 Å². The third-order valence-corrected chi connectivity index (χ3v) is 49.9. The molecule has 0 aromatic rings. The lowest BCUT2D eigenvalue weighted by Gasteiger charge is -2.64. The molecule has 0 amide bonds. The molecule has 56 heavy (non-hydrogen) atoms. The lowest BCUT2D eigenvalue weighted by molar-refractivity contribution is -0.0345. The van der Waals surface area contributed by atoms with Crippen molar-refractivity contribution in [1.82, 2.24) is 0 Å². The van der Waals surface area contributed by atoms with Gasteiger partial charge in [-0.2, -0.15) is 0 Å². The lowest BCUT2D eigenvalue weighted by atomic mass is 10.3. The normalized spacial score (nSPS) is 42.1. The first-order chi connectivity index (χ1) is 26.0. The van der Waals surface area contributed by atoms with E-state index in [0.29, 0.717) is 68.0 Å². The van der Waals surface area contributed by atoms with Gasteiger partial charge in [-0.25, -0.2) is 0 Å². The van der Waals surface area contributed by atoms with E-state index < -0.39 is 70.4 Å². The molecule has 0 saturated carbocycles. The van der Waals surface area contributed by atoms with Gasteiger partial charge in [-0.05, 0) is 47.8 Å². The van der Waals surface area contributed by atoms with Gasteiger partial charge in [-0.1, -0.05) is 96.9 Å². The fourth-order valence-corrected chi connectivity index (χ4v) is 60.2. The van der Waals surface area contributed by atoms with Gasteiger partial charge in [0.15, 0.2) is 0 Å². The second-order valence-electron chi connectivity index (χ2n) is 20.0. The number of epoxide rings is 1. The van der Waals surface area contributed by atoms with Crippen molar-refractivity contribution >= 4 is 70.4 Å². The highest BCUT2D eigenvalue weighted by Gasteiger charge is 2.83. The van der Waals surface area contributed by atoms with E-state index in [0.717, 1.165) is 6.61 Å². The molecule has 7 heterocycles. The van der Waals surface area contributed by atoms with Crippen LogP contribution in [0.4, 0.5) is 0 Å². The number of ether oxygens (including phenoxy) is 2. The Morgan fingerprint density at radius 3 is 0.786 bits per heavy atom. The van der Waals surface area contributed by atoms with Crippen molar-refractivity contribution < 1.29 is 58.9 Å². The summed E-state index contributed by atoms with van der Waals surface area (Å²) in [5.74, 6) is 0.873. The van der Waals surface area contributed by atoms with Gasteiger partial charge in [0.25, 0.3) is 0 Å². The molecular weight excluding hydrogens is 857 g/mol. The number of hydrogen-bond donors (Lipinski definition) is 0. The quantitative estimate of drug-likeness (QED) is 0.0661. The Bertz CT molecular complexity index is 1190. The topological polar surface area (TPSA) is 133 Å². The molecule has 0 aliphatic carbocycles. The predicted molar refractivity (Wildman–Crippen MR) is 227 cm³/mol. The first-order valence-corrected chi connectivity index (χ1v) is 37.0. The largest absolute Gasteiger partial charge is 0.479 e. The van der Waals surface area contributed by atoms with Crippen molar-refractivity contribution in [3.8, 4) is 0 Å². The molecule has 0 aromatic heterocycles. The van der Waals surface area contributed by atoms with E-state index in [1.807, 2.05) is 0 Å². The second kappa shape index (κ2) is 17.4. The van der Waals surface area contributed by atoms with Gasteiger partial charge in [0.1, 0.15) is 6.10 Å². The molecule has 7 fully saturated rings. The Morgan fingerprint density at radius 1 is 0.375 bits per heavy atom. The maximum absolute atomic E-state index is 7.79. The van der Waals surface area contributed by atoms with Gasteiger partial charge in [0.2, 0.25) is 0 Å². The van der Waals surface area contributed by atoms with Gasteiger partial charge in [0.05, 0.1) is 13.2 Å². The summed E-state index contributed by atoms with van der Waals surface area (Å²) in [6.45, 7) is 32.1. The highest BCUT2D eigenvalue weighted by Crippen LogP contribution is 2.55. The van der Waals surface area contributed by atoms with Crippen LogP contribution in [-0.2, 0) is 58.9 Å². The molecule has 22 heteroatoms. The SMILES string of the molecule is CC(C)C[Si]12O[Si]3(CCCOC[C@H]4CO4)O[Si]4(CC(C)C)O[Si](CC(C)C)(O1)O[Si]1(CC(C)C)O[Si](CC(C)C)(O2)O[Si](CC(C)C)(O3)O[Si](CC(C)C)(O4)O1. The fraction of sp³-hybridized carbons (Fsp3) is 1.00. The molecule has 14 nitrogen and oxygen atoms in total. The van der Waals surface area contributed by atoms with Crippen molar-refractivity contribution in [2.24, 2.45) is 41.4 Å². The summed E-state index contributed by atoms with van der Waals surface area (Å²) in [5, 5.41) is 0. The van der Waals surface area contributed by atoms with Crippen LogP contribution >= 0.6 is 0 Å². The molecule has 0 spiro atoms. The van der Waals surface area contributed by atoms with Crippen molar-refractivity contribution in [2.75, 3.05) is 19.8 Å². The zero-order valence-electron chi connectivity index (χ0n) is 36.8. The van der Waals surface area contributed by atoms with Gasteiger partial charge < -0.3 is 58.9 Å². The number of rotatable bonds is 20. The molecule has 0 unspecified atom stereocenters. The molecule has 0 N–H and O–H groups in total. The Labute approximate surface area is 346 Å². The minimum Gasteiger partial charge on any atom is -0.379 e. The Balaban J connectivity index is 1.67. The lowest BCUT2D eigenvalue weighted by Crippen LogP contribution is -2.88. The molecule has 0 radical (unpaired) electrons. The van der Waals surface area contributed by atoms with Crippen LogP contribution in [0.1, 0.15) is 103 Å². The van der Waals surface area contributed by atoms with Crippen LogP contribution in [0.15, 0.2) is 0 Å². The van der Waals surface area contributed by atoms with E-state index in [2.05, 4.69) is 96.9 Å². The van der Waals surface area contributed by atoms with Gasteiger partial charge in [-0.15, -0.1) is 0 Å². The van der Waals surface area contributed by atoms with Crippen LogP contribution in [0.25, 0.3) is 0 Å². The molecular formula is C34H74O14Si8. The minimum atomic E-state index is -3.96. The van der Waals surface area contributed by atoms with Gasteiger partial charge in [0, 0.05) is 55.0 Å². The van der Waals surface area contributed by atoms with E-state index >= 15 is 0 Å². The summed E-state index contributed by atoms with van der Waals surface area (Å²) in [7, 11) is -31.3. The van der Waals surface area contributed by atoms with Crippen LogP contribution in [0.2, 0.25) is 48.4 Å². The maximum atomic E-state index is 7.79. The molecule has 7 aliphatic heterocycles. The maximum Gasteiger partial charge on any atom is 0.479 e. The highest BCUT2D eigenvalue weighted by atomic mass is 28.6. The highest BCUT2D eigenvalue weighted by molar-refractivity contribution is 7.03. The average Bonchev–Trinajstić information content (AvgIpc) is 3.74. The second-order valence-corrected chi connectivity index (χ2v) is 44.1. The molecule has 7 rings (SSSR count). The summed E-state index contributed by atoms with van der Waals surface area (Å²) in [6, 6.07) is 3.82. The van der Waals surface area contributed by atoms with Gasteiger partial charge in [-0.3, -0.25) is 0 Å². The van der Waals surface area contributed by atoms with Crippen molar-refractivity contribution in [3.63, 3.8) is 0 Å². The first kappa shape index (κ1) is 46.7. The van der Waals surface area contributed by atoms with Crippen LogP contribution in [-0.4, -0.2) is 96.4 Å². The summed E-state index contributed by atoms with van der Waals surface area (Å²) in [5.41, 5.74) is 0. The zero-order chi connectivity index (χ0) is 41.0. The monoisotopic (exact) mass is 930 g/mol. The van der Waals surface area contributed by atoms with E-state index in [-0.39, 0.29) is 47.5 Å². The molecule has 326 valence electrons. The standard InChI is InChI=1S/C34H74O14Si8/c1-27(2)20-50-37-49(17-15-16-35-18-34-19-36-34)38-51(21-28(3)4)42-53(40-50,23-30(7)8)46-56(26-33(13)14)47-54(41-50,24-31(9)10)43-52(39-49,22-29(5)6)45-55(44-51,48-56)25-32(11)12/h27-34H,15-26H2,1-14H3/t34-,49?,50?,51?,52?,53?,54?,55?,56?/m0/s1.